The number of hydrazone groups is 1. The van der Waals surface area contributed by atoms with Crippen molar-refractivity contribution in [3.05, 3.63) is 95.1 Å². The van der Waals surface area contributed by atoms with E-state index in [2.05, 4.69) is 36.5 Å². The Bertz CT molecular complexity index is 1310. The van der Waals surface area contributed by atoms with Crippen molar-refractivity contribution in [2.24, 2.45) is 5.10 Å². The largest absolute Gasteiger partial charge is 0.493 e. The zero-order valence-electron chi connectivity index (χ0n) is 18.4. The fraction of sp³-hybridized carbons (Fsp3) is 0.148. The van der Waals surface area contributed by atoms with Crippen LogP contribution in [0.25, 0.3) is 22.2 Å². The highest BCUT2D eigenvalue weighted by molar-refractivity contribution is 6.07. The van der Waals surface area contributed by atoms with Gasteiger partial charge in [0, 0.05) is 16.5 Å². The number of carbonyl (C=O) groups excluding carboxylic acids is 1. The number of rotatable bonds is 6. The number of para-hydroxylation sites is 2. The number of hydrogen-bond donors (Lipinski definition) is 1. The van der Waals surface area contributed by atoms with Gasteiger partial charge in [0.15, 0.2) is 0 Å². The standard InChI is InChI=1S/C27H25N3O2/c1-4-32-26-12-8-5-9-21(26)17-28-30-27(31)23-16-25(20-14-13-18(2)19(3)15-20)29-24-11-7-6-10-22(23)24/h5-17H,4H2,1-3H3,(H,30,31)/b28-17+. The second-order valence-corrected chi connectivity index (χ2v) is 7.54. The first-order valence-electron chi connectivity index (χ1n) is 10.6. The molecule has 1 N–H and O–H groups in total. The lowest BCUT2D eigenvalue weighted by molar-refractivity contribution is 0.0956. The predicted molar refractivity (Wildman–Crippen MR) is 129 cm³/mol. The molecule has 0 radical (unpaired) electrons. The molecule has 0 unspecified atom stereocenters. The molecule has 160 valence electrons. The summed E-state index contributed by atoms with van der Waals surface area (Å²) in [7, 11) is 0. The number of amides is 1. The highest BCUT2D eigenvalue weighted by atomic mass is 16.5. The van der Waals surface area contributed by atoms with Crippen LogP contribution >= 0.6 is 0 Å². The molecule has 0 aliphatic carbocycles. The molecule has 0 fully saturated rings. The van der Waals surface area contributed by atoms with Crippen LogP contribution in [0.2, 0.25) is 0 Å². The first kappa shape index (κ1) is 21.2. The molecule has 0 bridgehead atoms. The van der Waals surface area contributed by atoms with E-state index < -0.39 is 0 Å². The van der Waals surface area contributed by atoms with Crippen LogP contribution in [0.3, 0.4) is 0 Å². The topological polar surface area (TPSA) is 63.6 Å². The SMILES string of the molecule is CCOc1ccccc1/C=N/NC(=O)c1cc(-c2ccc(C)c(C)c2)nc2ccccc12. The summed E-state index contributed by atoms with van der Waals surface area (Å²) in [5.74, 6) is 0.429. The number of fused-ring (bicyclic) bond motifs is 1. The number of aromatic nitrogens is 1. The van der Waals surface area contributed by atoms with Crippen LogP contribution in [-0.4, -0.2) is 23.7 Å². The molecule has 0 aliphatic heterocycles. The lowest BCUT2D eigenvalue weighted by Gasteiger charge is -2.10. The van der Waals surface area contributed by atoms with E-state index in [0.717, 1.165) is 33.5 Å². The van der Waals surface area contributed by atoms with Gasteiger partial charge >= 0.3 is 0 Å². The van der Waals surface area contributed by atoms with Crippen molar-refractivity contribution in [2.45, 2.75) is 20.8 Å². The van der Waals surface area contributed by atoms with Gasteiger partial charge in [-0.3, -0.25) is 4.79 Å². The quantitative estimate of drug-likeness (QED) is 0.320. The van der Waals surface area contributed by atoms with Gasteiger partial charge in [0.25, 0.3) is 5.91 Å². The number of hydrogen-bond acceptors (Lipinski definition) is 4. The highest BCUT2D eigenvalue weighted by Crippen LogP contribution is 2.26. The Kier molecular flexibility index (Phi) is 6.26. The van der Waals surface area contributed by atoms with Gasteiger partial charge in [-0.15, -0.1) is 0 Å². The van der Waals surface area contributed by atoms with Crippen molar-refractivity contribution in [3.8, 4) is 17.0 Å². The fourth-order valence-corrected chi connectivity index (χ4v) is 3.51. The monoisotopic (exact) mass is 423 g/mol. The minimum absolute atomic E-state index is 0.293. The van der Waals surface area contributed by atoms with Gasteiger partial charge in [0.2, 0.25) is 0 Å². The molecule has 1 aromatic heterocycles. The maximum absolute atomic E-state index is 13.1. The molecule has 0 atom stereocenters. The van der Waals surface area contributed by atoms with Gasteiger partial charge in [0.1, 0.15) is 5.75 Å². The number of aryl methyl sites for hydroxylation is 2. The summed E-state index contributed by atoms with van der Waals surface area (Å²) in [6.07, 6.45) is 1.59. The molecular formula is C27H25N3O2. The first-order chi connectivity index (χ1) is 15.6. The molecule has 0 spiro atoms. The molecule has 5 heteroatoms. The molecule has 5 nitrogen and oxygen atoms in total. The van der Waals surface area contributed by atoms with E-state index in [9.17, 15) is 4.79 Å². The minimum Gasteiger partial charge on any atom is -0.493 e. The summed E-state index contributed by atoms with van der Waals surface area (Å²) in [6.45, 7) is 6.63. The first-order valence-corrected chi connectivity index (χ1v) is 10.6. The Labute approximate surface area is 187 Å². The van der Waals surface area contributed by atoms with E-state index in [4.69, 9.17) is 9.72 Å². The second kappa shape index (κ2) is 9.43. The van der Waals surface area contributed by atoms with E-state index in [-0.39, 0.29) is 5.91 Å². The molecule has 3 aromatic carbocycles. The summed E-state index contributed by atoms with van der Waals surface area (Å²) in [4.78, 5) is 17.9. The van der Waals surface area contributed by atoms with E-state index in [1.165, 1.54) is 11.1 Å². The molecule has 32 heavy (non-hydrogen) atoms. The molecule has 0 saturated carbocycles. The Morgan fingerprint density at radius 2 is 1.78 bits per heavy atom. The van der Waals surface area contributed by atoms with Crippen molar-refractivity contribution < 1.29 is 9.53 Å². The zero-order chi connectivity index (χ0) is 22.5. The Morgan fingerprint density at radius 1 is 1.00 bits per heavy atom. The fourth-order valence-electron chi connectivity index (χ4n) is 3.51. The van der Waals surface area contributed by atoms with Gasteiger partial charge in [-0.1, -0.05) is 42.5 Å². The maximum atomic E-state index is 13.1. The third-order valence-corrected chi connectivity index (χ3v) is 5.35. The summed E-state index contributed by atoms with van der Waals surface area (Å²) < 4.78 is 5.61. The minimum atomic E-state index is -0.293. The molecule has 4 rings (SSSR count). The van der Waals surface area contributed by atoms with Gasteiger partial charge in [0.05, 0.1) is 29.6 Å². The van der Waals surface area contributed by atoms with Gasteiger partial charge in [-0.25, -0.2) is 10.4 Å². The number of carbonyl (C=O) groups is 1. The van der Waals surface area contributed by atoms with Crippen LogP contribution in [0.15, 0.2) is 77.9 Å². The molecule has 0 aliphatic rings. The average molecular weight is 424 g/mol. The Hall–Kier alpha value is -3.99. The molecule has 1 heterocycles. The maximum Gasteiger partial charge on any atom is 0.272 e. The average Bonchev–Trinajstić information content (AvgIpc) is 2.81. The van der Waals surface area contributed by atoms with Crippen LogP contribution in [0, 0.1) is 13.8 Å². The number of nitrogens with zero attached hydrogens (tertiary/aromatic N) is 2. The van der Waals surface area contributed by atoms with Gasteiger partial charge in [-0.05, 0) is 62.2 Å². The van der Waals surface area contributed by atoms with Crippen LogP contribution in [-0.2, 0) is 0 Å². The van der Waals surface area contributed by atoms with E-state index in [1.807, 2.05) is 67.6 Å². The molecule has 1 amide bonds. The summed E-state index contributed by atoms with van der Waals surface area (Å²) in [5.41, 5.74) is 8.87. The lowest BCUT2D eigenvalue weighted by Crippen LogP contribution is -2.18. The smallest absolute Gasteiger partial charge is 0.272 e. The summed E-state index contributed by atoms with van der Waals surface area (Å²) in [6, 6.07) is 23.2. The van der Waals surface area contributed by atoms with E-state index >= 15 is 0 Å². The van der Waals surface area contributed by atoms with Crippen LogP contribution in [0.5, 0.6) is 5.75 Å². The second-order valence-electron chi connectivity index (χ2n) is 7.54. The van der Waals surface area contributed by atoms with Crippen LogP contribution < -0.4 is 10.2 Å². The number of benzene rings is 3. The lowest BCUT2D eigenvalue weighted by atomic mass is 10.0. The summed E-state index contributed by atoms with van der Waals surface area (Å²) in [5, 5.41) is 4.95. The van der Waals surface area contributed by atoms with Crippen LogP contribution in [0.1, 0.15) is 34.0 Å². The third kappa shape index (κ3) is 4.52. The van der Waals surface area contributed by atoms with Crippen molar-refractivity contribution in [3.63, 3.8) is 0 Å². The molecular weight excluding hydrogens is 398 g/mol. The van der Waals surface area contributed by atoms with Gasteiger partial charge < -0.3 is 4.74 Å². The van der Waals surface area contributed by atoms with Crippen molar-refractivity contribution >= 4 is 23.0 Å². The third-order valence-electron chi connectivity index (χ3n) is 5.35. The zero-order valence-corrected chi connectivity index (χ0v) is 18.4. The Balaban J connectivity index is 1.67. The van der Waals surface area contributed by atoms with Crippen molar-refractivity contribution in [2.75, 3.05) is 6.61 Å². The summed E-state index contributed by atoms with van der Waals surface area (Å²) >= 11 is 0. The number of ether oxygens (including phenoxy) is 1. The van der Waals surface area contributed by atoms with E-state index in [1.54, 1.807) is 6.21 Å². The molecule has 4 aromatic rings. The van der Waals surface area contributed by atoms with Crippen molar-refractivity contribution in [1.82, 2.24) is 10.4 Å². The van der Waals surface area contributed by atoms with E-state index in [0.29, 0.717) is 12.2 Å². The number of pyridine rings is 1. The van der Waals surface area contributed by atoms with Crippen LogP contribution in [0.4, 0.5) is 0 Å². The van der Waals surface area contributed by atoms with Crippen molar-refractivity contribution in [1.29, 1.82) is 0 Å². The number of nitrogens with one attached hydrogen (secondary N) is 1. The highest BCUT2D eigenvalue weighted by Gasteiger charge is 2.14. The Morgan fingerprint density at radius 3 is 2.59 bits per heavy atom. The predicted octanol–water partition coefficient (Wildman–Crippen LogP) is 5.68. The molecule has 0 saturated heterocycles. The normalized spacial score (nSPS) is 11.1. The van der Waals surface area contributed by atoms with Gasteiger partial charge in [-0.2, -0.15) is 5.10 Å².